The first-order valence-corrected chi connectivity index (χ1v) is 10.2. The molecule has 0 spiro atoms. The zero-order valence-corrected chi connectivity index (χ0v) is 17.0. The van der Waals surface area contributed by atoms with Crippen molar-refractivity contribution in [2.24, 2.45) is 7.05 Å². The predicted molar refractivity (Wildman–Crippen MR) is 105 cm³/mol. The number of likely N-dealkylation sites (tertiary alicyclic amines) is 2. The van der Waals surface area contributed by atoms with Gasteiger partial charge in [0.05, 0.1) is 5.69 Å². The second-order valence-corrected chi connectivity index (χ2v) is 8.10. The molecule has 2 aromatic rings. The lowest BCUT2D eigenvalue weighted by Gasteiger charge is -2.41. The summed E-state index contributed by atoms with van der Waals surface area (Å²) in [5, 5.41) is 15.7. The molecule has 1 N–H and O–H groups in total. The van der Waals surface area contributed by atoms with E-state index in [0.29, 0.717) is 23.2 Å². The van der Waals surface area contributed by atoms with Crippen LogP contribution in [-0.2, 0) is 7.05 Å². The maximum atomic E-state index is 12.7. The van der Waals surface area contributed by atoms with Crippen molar-refractivity contribution in [1.29, 1.82) is 0 Å². The Morgan fingerprint density at radius 2 is 1.82 bits per heavy atom. The molecular formula is C19H30N8O. The molecule has 0 aliphatic carbocycles. The lowest BCUT2D eigenvalue weighted by molar-refractivity contribution is 0.0803. The highest BCUT2D eigenvalue weighted by Crippen LogP contribution is 2.21. The van der Waals surface area contributed by atoms with Crippen molar-refractivity contribution in [3.63, 3.8) is 0 Å². The molecule has 1 amide bonds. The highest BCUT2D eigenvalue weighted by Gasteiger charge is 2.29. The second kappa shape index (κ2) is 8.00. The van der Waals surface area contributed by atoms with Crippen molar-refractivity contribution in [2.45, 2.75) is 44.7 Å². The first-order chi connectivity index (χ1) is 13.5. The van der Waals surface area contributed by atoms with E-state index in [2.05, 4.69) is 37.6 Å². The van der Waals surface area contributed by atoms with Gasteiger partial charge < -0.3 is 15.1 Å². The van der Waals surface area contributed by atoms with Crippen LogP contribution < -0.4 is 5.32 Å². The molecule has 4 rings (SSSR count). The molecule has 28 heavy (non-hydrogen) atoms. The maximum Gasteiger partial charge on any atom is 0.273 e. The zero-order chi connectivity index (χ0) is 19.7. The Morgan fingerprint density at radius 3 is 2.46 bits per heavy atom. The number of aromatic nitrogens is 5. The number of hydrogen-bond acceptors (Lipinski definition) is 6. The fraction of sp³-hybridized carbons (Fsp3) is 0.684. The lowest BCUT2D eigenvalue weighted by Crippen LogP contribution is -2.50. The van der Waals surface area contributed by atoms with Crippen molar-refractivity contribution in [1.82, 2.24) is 39.9 Å². The summed E-state index contributed by atoms with van der Waals surface area (Å²) >= 11 is 0. The van der Waals surface area contributed by atoms with Crippen LogP contribution in [0.15, 0.2) is 12.3 Å². The Bertz CT molecular complexity index is 812. The fourth-order valence-corrected chi connectivity index (χ4v) is 4.30. The minimum atomic E-state index is -0.141. The average molecular weight is 387 g/mol. The van der Waals surface area contributed by atoms with Crippen LogP contribution >= 0.6 is 0 Å². The molecule has 2 aliphatic heterocycles. The van der Waals surface area contributed by atoms with Gasteiger partial charge >= 0.3 is 0 Å². The van der Waals surface area contributed by atoms with Crippen LogP contribution in [0.25, 0.3) is 5.82 Å². The van der Waals surface area contributed by atoms with E-state index in [9.17, 15) is 4.79 Å². The maximum absolute atomic E-state index is 12.7. The lowest BCUT2D eigenvalue weighted by atomic mass is 9.98. The molecule has 9 heteroatoms. The Hall–Kier alpha value is -2.26. The highest BCUT2D eigenvalue weighted by molar-refractivity contribution is 5.93. The number of nitrogens with one attached hydrogen (secondary N) is 1. The van der Waals surface area contributed by atoms with E-state index >= 15 is 0 Å². The number of piperidine rings is 2. The number of aryl methyl sites for hydroxylation is 1. The predicted octanol–water partition coefficient (Wildman–Crippen LogP) is 0.598. The van der Waals surface area contributed by atoms with Gasteiger partial charge in [-0.1, -0.05) is 5.21 Å². The van der Waals surface area contributed by atoms with Crippen molar-refractivity contribution >= 4 is 5.91 Å². The standard InChI is InChI=1S/C19H30N8O/c1-14-18(21-23-27(14)17-8-11-25(3)22-17)19(28)20-15-4-12-26(13-5-15)16-6-9-24(2)10-7-16/h8,11,15-16H,4-7,9-10,12-13H2,1-3H3,(H,20,28). The third-order valence-electron chi connectivity index (χ3n) is 6.10. The summed E-state index contributed by atoms with van der Waals surface area (Å²) in [5.74, 6) is 0.524. The van der Waals surface area contributed by atoms with Gasteiger partial charge in [-0.15, -0.1) is 5.10 Å². The average Bonchev–Trinajstić information content (AvgIpc) is 3.28. The Balaban J connectivity index is 1.32. The molecule has 2 aromatic heterocycles. The van der Waals surface area contributed by atoms with Gasteiger partial charge in [0.25, 0.3) is 5.91 Å². The Labute approximate surface area is 165 Å². The highest BCUT2D eigenvalue weighted by atomic mass is 16.2. The molecule has 2 saturated heterocycles. The van der Waals surface area contributed by atoms with Gasteiger partial charge in [-0.05, 0) is 52.7 Å². The van der Waals surface area contributed by atoms with Crippen molar-refractivity contribution in [3.05, 3.63) is 23.7 Å². The second-order valence-electron chi connectivity index (χ2n) is 8.10. The fourth-order valence-electron chi connectivity index (χ4n) is 4.30. The molecule has 4 heterocycles. The molecule has 0 aromatic carbocycles. The van der Waals surface area contributed by atoms with Crippen LogP contribution in [0.5, 0.6) is 0 Å². The van der Waals surface area contributed by atoms with E-state index in [1.54, 1.807) is 9.36 Å². The molecule has 0 saturated carbocycles. The summed E-state index contributed by atoms with van der Waals surface area (Å²) in [6.45, 7) is 6.34. The summed E-state index contributed by atoms with van der Waals surface area (Å²) in [5.41, 5.74) is 1.09. The zero-order valence-electron chi connectivity index (χ0n) is 17.0. The van der Waals surface area contributed by atoms with Crippen LogP contribution in [0, 0.1) is 6.92 Å². The van der Waals surface area contributed by atoms with Gasteiger partial charge in [-0.25, -0.2) is 0 Å². The summed E-state index contributed by atoms with van der Waals surface area (Å²) in [6.07, 6.45) is 6.33. The summed E-state index contributed by atoms with van der Waals surface area (Å²) < 4.78 is 3.31. The number of amides is 1. The van der Waals surface area contributed by atoms with E-state index in [1.807, 2.05) is 26.2 Å². The van der Waals surface area contributed by atoms with E-state index < -0.39 is 0 Å². The Kier molecular flexibility index (Phi) is 5.45. The van der Waals surface area contributed by atoms with Crippen LogP contribution in [0.2, 0.25) is 0 Å². The summed E-state index contributed by atoms with van der Waals surface area (Å²) in [6, 6.07) is 2.75. The van der Waals surface area contributed by atoms with Gasteiger partial charge in [-0.3, -0.25) is 9.48 Å². The third kappa shape index (κ3) is 3.95. The van der Waals surface area contributed by atoms with E-state index in [-0.39, 0.29) is 11.9 Å². The van der Waals surface area contributed by atoms with E-state index in [0.717, 1.165) is 25.9 Å². The topological polar surface area (TPSA) is 84.1 Å². The number of carbonyl (C=O) groups excluding carboxylic acids is 1. The summed E-state index contributed by atoms with van der Waals surface area (Å²) in [4.78, 5) is 17.7. The van der Waals surface area contributed by atoms with Crippen molar-refractivity contribution < 1.29 is 4.79 Å². The SMILES string of the molecule is Cc1c(C(=O)NC2CCN(C3CCN(C)CC3)CC2)nnn1-c1ccn(C)n1. The molecular weight excluding hydrogens is 356 g/mol. The van der Waals surface area contributed by atoms with Crippen LogP contribution in [0.3, 0.4) is 0 Å². The van der Waals surface area contributed by atoms with E-state index in [1.165, 1.54) is 25.9 Å². The van der Waals surface area contributed by atoms with Crippen LogP contribution in [-0.4, -0.2) is 85.8 Å². The summed E-state index contributed by atoms with van der Waals surface area (Å²) in [7, 11) is 4.05. The smallest absolute Gasteiger partial charge is 0.273 e. The first kappa shape index (κ1) is 19.1. The number of rotatable bonds is 4. The van der Waals surface area contributed by atoms with Crippen molar-refractivity contribution in [2.75, 3.05) is 33.2 Å². The molecule has 0 unspecified atom stereocenters. The largest absolute Gasteiger partial charge is 0.348 e. The minimum absolute atomic E-state index is 0.141. The number of hydrogen-bond donors (Lipinski definition) is 1. The van der Waals surface area contributed by atoms with Gasteiger partial charge in [0, 0.05) is 44.5 Å². The Morgan fingerprint density at radius 1 is 1.11 bits per heavy atom. The molecule has 152 valence electrons. The van der Waals surface area contributed by atoms with Gasteiger partial charge in [-0.2, -0.15) is 9.78 Å². The molecule has 0 atom stereocenters. The van der Waals surface area contributed by atoms with Gasteiger partial charge in [0.15, 0.2) is 11.5 Å². The van der Waals surface area contributed by atoms with Crippen molar-refractivity contribution in [3.8, 4) is 5.82 Å². The first-order valence-electron chi connectivity index (χ1n) is 10.2. The minimum Gasteiger partial charge on any atom is -0.348 e. The third-order valence-corrected chi connectivity index (χ3v) is 6.10. The number of carbonyl (C=O) groups is 1. The number of nitrogens with zero attached hydrogens (tertiary/aromatic N) is 7. The van der Waals surface area contributed by atoms with Crippen LogP contribution in [0.4, 0.5) is 0 Å². The molecule has 0 radical (unpaired) electrons. The normalized spacial score (nSPS) is 20.5. The van der Waals surface area contributed by atoms with Gasteiger partial charge in [0.1, 0.15) is 0 Å². The molecule has 0 bridgehead atoms. The molecule has 2 aliphatic rings. The quantitative estimate of drug-likeness (QED) is 0.828. The molecule has 2 fully saturated rings. The van der Waals surface area contributed by atoms with E-state index in [4.69, 9.17) is 0 Å². The molecule has 9 nitrogen and oxygen atoms in total. The van der Waals surface area contributed by atoms with Gasteiger partial charge in [0.2, 0.25) is 0 Å². The van der Waals surface area contributed by atoms with Crippen LogP contribution in [0.1, 0.15) is 41.9 Å². The monoisotopic (exact) mass is 386 g/mol.